The fraction of sp³-hybridized carbons (Fsp3) is 1.00. The third-order valence-electron chi connectivity index (χ3n) is 2.41. The number of hydrogen-bond donors (Lipinski definition) is 0. The molecule has 0 amide bonds. The van der Waals surface area contributed by atoms with Crippen LogP contribution in [0.15, 0.2) is 0 Å². The summed E-state index contributed by atoms with van der Waals surface area (Å²) in [5, 5.41) is 4.66. The maximum Gasteiger partial charge on any atom is 1.00 e. The molecule has 0 N–H and O–H groups in total. The normalized spacial score (nSPS) is 11.6. The van der Waals surface area contributed by atoms with Gasteiger partial charge >= 0.3 is 29.6 Å². The second kappa shape index (κ2) is 9.74. The van der Waals surface area contributed by atoms with E-state index < -0.39 is 14.1 Å². The summed E-state index contributed by atoms with van der Waals surface area (Å²) in [6.45, 7) is 14.3. The second-order valence-electron chi connectivity index (χ2n) is 5.75. The van der Waals surface area contributed by atoms with Crippen molar-refractivity contribution in [2.45, 2.75) is 57.4 Å². The van der Waals surface area contributed by atoms with Gasteiger partial charge in [-0.2, -0.15) is 0 Å². The first-order valence-corrected chi connectivity index (χ1v) is 8.36. The fourth-order valence-corrected chi connectivity index (χ4v) is 6.87. The molecule has 0 aromatic heterocycles. The van der Waals surface area contributed by atoms with Crippen molar-refractivity contribution in [3.63, 3.8) is 0 Å². The largest absolute Gasteiger partial charge is 1.00 e. The van der Waals surface area contributed by atoms with E-state index in [0.717, 1.165) is 17.8 Å². The molecule has 14 heavy (non-hydrogen) atoms. The third-order valence-corrected chi connectivity index (χ3v) is 7.24. The van der Waals surface area contributed by atoms with Gasteiger partial charge in [0.25, 0.3) is 0 Å². The molecule has 0 saturated heterocycles. The summed E-state index contributed by atoms with van der Waals surface area (Å²) in [7, 11) is 0. The monoisotopic (exact) mass is 221 g/mol. The predicted octanol–water partition coefficient (Wildman–Crippen LogP) is 1.45. The van der Waals surface area contributed by atoms with Gasteiger partial charge in [-0.25, -0.2) is 15.8 Å². The van der Waals surface area contributed by atoms with Crippen LogP contribution in [0.5, 0.6) is 0 Å². The van der Waals surface area contributed by atoms with Crippen molar-refractivity contribution in [3.05, 3.63) is 0 Å². The first-order valence-electron chi connectivity index (χ1n) is 5.91. The average Bonchev–Trinajstić information content (AvgIpc) is 1.80. The SMILES string of the molecule is CC(C)[CH2][Al-]([CH2]C(C)C)[CH2]C(C)C.[Na+]. The van der Waals surface area contributed by atoms with Gasteiger partial charge in [-0.3, -0.25) is 0 Å². The standard InChI is InChI=1S/3C4H9.Al.Na/c3*1-4(2)3;;/h3*4H,1H2,2-3H3;;/q;;;-1;+1. The summed E-state index contributed by atoms with van der Waals surface area (Å²) in [5.41, 5.74) is 0. The van der Waals surface area contributed by atoms with Crippen molar-refractivity contribution < 1.29 is 29.6 Å². The number of hydrogen-bond acceptors (Lipinski definition) is 0. The molecule has 0 atom stereocenters. The van der Waals surface area contributed by atoms with Gasteiger partial charge < -0.3 is 0 Å². The molecule has 79 valence electrons. The Bertz CT molecular complexity index is 97.7. The summed E-state index contributed by atoms with van der Waals surface area (Å²) in [4.78, 5) is 0. The Labute approximate surface area is 118 Å². The molecule has 0 aliphatic carbocycles. The van der Waals surface area contributed by atoms with Crippen molar-refractivity contribution in [1.29, 1.82) is 0 Å². The number of rotatable bonds is 6. The quantitative estimate of drug-likeness (QED) is 0.596. The molecule has 1 radical (unpaired) electrons. The van der Waals surface area contributed by atoms with E-state index in [9.17, 15) is 0 Å². The Morgan fingerprint density at radius 1 is 0.643 bits per heavy atom. The van der Waals surface area contributed by atoms with E-state index >= 15 is 0 Å². The molecular weight excluding hydrogens is 194 g/mol. The average molecular weight is 221 g/mol. The molecule has 0 aromatic rings. The van der Waals surface area contributed by atoms with Crippen LogP contribution >= 0.6 is 0 Å². The molecule has 2 heteroatoms. The van der Waals surface area contributed by atoms with Crippen LogP contribution < -0.4 is 29.6 Å². The molecular formula is C12H27AlNa. The van der Waals surface area contributed by atoms with Gasteiger partial charge in [-0.05, 0) is 14.1 Å². The fourth-order valence-electron chi connectivity index (χ4n) is 2.29. The van der Waals surface area contributed by atoms with Crippen molar-refractivity contribution >= 4 is 14.1 Å². The van der Waals surface area contributed by atoms with E-state index in [0.29, 0.717) is 0 Å². The zero-order valence-corrected chi connectivity index (χ0v) is 14.6. The molecule has 0 rings (SSSR count). The molecule has 0 fully saturated rings. The molecule has 0 bridgehead atoms. The Balaban J connectivity index is 0. The topological polar surface area (TPSA) is 0 Å². The van der Waals surface area contributed by atoms with Crippen LogP contribution in [0.4, 0.5) is 0 Å². The van der Waals surface area contributed by atoms with E-state index in [4.69, 9.17) is 0 Å². The molecule has 0 heterocycles. The zero-order valence-electron chi connectivity index (χ0n) is 11.4. The third kappa shape index (κ3) is 11.6. The van der Waals surface area contributed by atoms with Gasteiger partial charge in [0.2, 0.25) is 0 Å². The summed E-state index contributed by atoms with van der Waals surface area (Å²) < 4.78 is 0. The first kappa shape index (κ1) is 17.9. The van der Waals surface area contributed by atoms with Crippen LogP contribution in [0, 0.1) is 17.8 Å². The Morgan fingerprint density at radius 3 is 1.00 bits per heavy atom. The van der Waals surface area contributed by atoms with E-state index in [-0.39, 0.29) is 29.6 Å². The second-order valence-corrected chi connectivity index (χ2v) is 8.90. The first-order chi connectivity index (χ1) is 5.91. The van der Waals surface area contributed by atoms with Gasteiger partial charge in [0, 0.05) is 0 Å². The predicted molar refractivity (Wildman–Crippen MR) is 64.7 cm³/mol. The molecule has 0 aliphatic heterocycles. The van der Waals surface area contributed by atoms with Crippen LogP contribution in [0.2, 0.25) is 15.8 Å². The Morgan fingerprint density at radius 2 is 0.857 bits per heavy atom. The molecule has 0 saturated carbocycles. The summed E-state index contributed by atoms with van der Waals surface area (Å²) in [5.74, 6) is 2.78. The minimum Gasteiger partial charge on any atom is -0.220 e. The maximum absolute atomic E-state index is 2.38. The molecule has 0 spiro atoms. The zero-order chi connectivity index (χ0) is 10.4. The summed E-state index contributed by atoms with van der Waals surface area (Å²) in [6.07, 6.45) is 0. The smallest absolute Gasteiger partial charge is 0.220 e. The van der Waals surface area contributed by atoms with Gasteiger partial charge in [-0.15, -0.1) is 0 Å². The van der Waals surface area contributed by atoms with Gasteiger partial charge in [-0.1, -0.05) is 59.3 Å². The molecule has 0 aliphatic rings. The van der Waals surface area contributed by atoms with E-state index in [1.54, 1.807) is 15.8 Å². The van der Waals surface area contributed by atoms with Gasteiger partial charge in [0.05, 0.1) is 0 Å². The Hall–Kier alpha value is 1.53. The maximum atomic E-state index is 2.38. The van der Waals surface area contributed by atoms with E-state index in [1.165, 1.54) is 0 Å². The van der Waals surface area contributed by atoms with E-state index in [2.05, 4.69) is 41.5 Å². The van der Waals surface area contributed by atoms with Crippen LogP contribution in [0.3, 0.4) is 0 Å². The van der Waals surface area contributed by atoms with Gasteiger partial charge in [0.1, 0.15) is 0 Å². The molecule has 0 aromatic carbocycles. The summed E-state index contributed by atoms with van der Waals surface area (Å²) in [6, 6.07) is 0. The van der Waals surface area contributed by atoms with Gasteiger partial charge in [0.15, 0.2) is 0 Å². The van der Waals surface area contributed by atoms with Crippen LogP contribution in [-0.4, -0.2) is 14.1 Å². The van der Waals surface area contributed by atoms with Crippen LogP contribution in [-0.2, 0) is 0 Å². The van der Waals surface area contributed by atoms with Crippen LogP contribution in [0.1, 0.15) is 41.5 Å². The molecule has 0 unspecified atom stereocenters. The van der Waals surface area contributed by atoms with Crippen molar-refractivity contribution in [3.8, 4) is 0 Å². The minimum atomic E-state index is -0.407. The van der Waals surface area contributed by atoms with Crippen molar-refractivity contribution in [2.24, 2.45) is 17.8 Å². The van der Waals surface area contributed by atoms with Crippen LogP contribution in [0.25, 0.3) is 0 Å². The van der Waals surface area contributed by atoms with Crippen molar-refractivity contribution in [1.82, 2.24) is 0 Å². The summed E-state index contributed by atoms with van der Waals surface area (Å²) >= 11 is -0.407. The Kier molecular flexibility index (Phi) is 12.5. The van der Waals surface area contributed by atoms with E-state index in [1.807, 2.05) is 0 Å². The van der Waals surface area contributed by atoms with Crippen molar-refractivity contribution in [2.75, 3.05) is 0 Å². The minimum absolute atomic E-state index is 0. The molecule has 0 nitrogen and oxygen atoms in total.